The van der Waals surface area contributed by atoms with Gasteiger partial charge in [-0.05, 0) is 56.1 Å². The number of amides is 1. The van der Waals surface area contributed by atoms with Crippen molar-refractivity contribution in [2.45, 2.75) is 37.6 Å². The number of nitrogens with two attached hydrogens (primary N) is 1. The Labute approximate surface area is 229 Å². The minimum absolute atomic E-state index is 0.0200. The second-order valence-electron chi connectivity index (χ2n) is 10.8. The number of aliphatic hydroxyl groups excluding tert-OH is 2. The highest BCUT2D eigenvalue weighted by Gasteiger charge is 2.64. The molecule has 5 rings (SSSR count). The minimum atomic E-state index is -2.67. The van der Waals surface area contributed by atoms with Crippen molar-refractivity contribution < 1.29 is 39.9 Å². The Hall–Kier alpha value is -4.19. The molecule has 2 aromatic rings. The van der Waals surface area contributed by atoms with Gasteiger partial charge >= 0.3 is 0 Å². The van der Waals surface area contributed by atoms with Crippen LogP contribution in [0.3, 0.4) is 0 Å². The highest BCUT2D eigenvalue weighted by molar-refractivity contribution is 6.24. The summed E-state index contributed by atoms with van der Waals surface area (Å²) in [6.07, 6.45) is 0.225. The molecular weight excluding hydrogens is 518 g/mol. The van der Waals surface area contributed by atoms with Gasteiger partial charge in [0.25, 0.3) is 5.91 Å². The first kappa shape index (κ1) is 27.4. The number of phenolic OH excluding ortho intramolecular Hbond substituents is 2. The SMILES string of the molecule is CN(C)[C@@H]1C(=O)C(C(N)=O)=C(O)[C@@]2(O)C(=O)C3=C(O)c4c(O)ccc(CNCc5ccccc5O)c4C[C@H]3C[C@@H]12. The fraction of sp³-hybridized carbons (Fsp3) is 0.345. The highest BCUT2D eigenvalue weighted by Crippen LogP contribution is 2.52. The molecule has 40 heavy (non-hydrogen) atoms. The molecule has 3 aliphatic rings. The molecule has 0 aromatic heterocycles. The van der Waals surface area contributed by atoms with Gasteiger partial charge in [0.15, 0.2) is 11.4 Å². The van der Waals surface area contributed by atoms with E-state index in [9.17, 15) is 39.9 Å². The fourth-order valence-corrected chi connectivity index (χ4v) is 6.47. The molecule has 0 saturated heterocycles. The number of hydrogen-bond acceptors (Lipinski definition) is 10. The van der Waals surface area contributed by atoms with Crippen LogP contribution in [0.4, 0.5) is 0 Å². The predicted octanol–water partition coefficient (Wildman–Crippen LogP) is 0.959. The number of Topliss-reactive ketones (excluding diaryl/α,β-unsaturated/α-hetero) is 2. The molecule has 4 atom stereocenters. The Balaban J connectivity index is 1.57. The van der Waals surface area contributed by atoms with E-state index in [-0.39, 0.29) is 35.5 Å². The van der Waals surface area contributed by atoms with Crippen molar-refractivity contribution in [1.29, 1.82) is 0 Å². The highest BCUT2D eigenvalue weighted by atomic mass is 16.3. The molecule has 0 radical (unpaired) electrons. The summed E-state index contributed by atoms with van der Waals surface area (Å²) in [5.74, 6) is -6.67. The summed E-state index contributed by atoms with van der Waals surface area (Å²) in [4.78, 5) is 40.6. The van der Waals surface area contributed by atoms with Gasteiger partial charge in [-0.1, -0.05) is 24.3 Å². The van der Waals surface area contributed by atoms with E-state index in [4.69, 9.17) is 5.73 Å². The maximum absolute atomic E-state index is 13.9. The number of likely N-dealkylation sites (N-methyl/N-ethyl adjacent to an activating group) is 1. The van der Waals surface area contributed by atoms with Crippen LogP contribution in [-0.2, 0) is 33.9 Å². The number of phenols is 2. The normalized spacial score (nSPS) is 26.1. The lowest BCUT2D eigenvalue weighted by Crippen LogP contribution is -2.65. The average molecular weight is 550 g/mol. The molecule has 3 aliphatic carbocycles. The third-order valence-electron chi connectivity index (χ3n) is 8.32. The Kier molecular flexibility index (Phi) is 6.69. The van der Waals surface area contributed by atoms with Gasteiger partial charge < -0.3 is 36.6 Å². The summed E-state index contributed by atoms with van der Waals surface area (Å²) in [6, 6.07) is 8.85. The fourth-order valence-electron chi connectivity index (χ4n) is 6.47. The number of aromatic hydroxyl groups is 2. The zero-order valence-corrected chi connectivity index (χ0v) is 22.0. The van der Waals surface area contributed by atoms with Crippen LogP contribution in [0.15, 0.2) is 53.3 Å². The molecule has 11 heteroatoms. The zero-order chi connectivity index (χ0) is 29.1. The number of carbonyl (C=O) groups is 3. The van der Waals surface area contributed by atoms with Crippen LogP contribution in [0, 0.1) is 11.8 Å². The monoisotopic (exact) mass is 549 g/mol. The van der Waals surface area contributed by atoms with Crippen molar-refractivity contribution in [2.75, 3.05) is 14.1 Å². The number of fused-ring (bicyclic) bond motifs is 3. The first-order valence-corrected chi connectivity index (χ1v) is 12.9. The first-order chi connectivity index (χ1) is 18.9. The molecule has 2 aromatic carbocycles. The van der Waals surface area contributed by atoms with Crippen molar-refractivity contribution in [3.05, 3.63) is 75.6 Å². The van der Waals surface area contributed by atoms with Crippen LogP contribution >= 0.6 is 0 Å². The van der Waals surface area contributed by atoms with E-state index in [1.54, 1.807) is 44.4 Å². The smallest absolute Gasteiger partial charge is 0.255 e. The van der Waals surface area contributed by atoms with E-state index in [1.807, 2.05) is 0 Å². The standard InChI is InChI=1S/C29H31N3O8/c1-32(2)23-17-10-15-9-16-13(11-31-12-14-5-3-4-6-18(14)33)7-8-19(34)21(16)24(35)20(15)26(37)29(17,40)27(38)22(25(23)36)28(30)39/h3-8,15,17,23,31,33-35,38,40H,9-12H2,1-2H3,(H2,30,39)/t15-,17-,23-,29-/m0/s1. The summed E-state index contributed by atoms with van der Waals surface area (Å²) in [6.45, 7) is 0.671. The Morgan fingerprint density at radius 2 is 1.70 bits per heavy atom. The summed E-state index contributed by atoms with van der Waals surface area (Å²) >= 11 is 0. The van der Waals surface area contributed by atoms with Crippen LogP contribution in [0.1, 0.15) is 28.7 Å². The number of hydrogen-bond donors (Lipinski definition) is 7. The molecule has 8 N–H and O–H groups in total. The molecule has 1 amide bonds. The summed E-state index contributed by atoms with van der Waals surface area (Å²) < 4.78 is 0. The van der Waals surface area contributed by atoms with Gasteiger partial charge in [-0.3, -0.25) is 19.3 Å². The molecule has 0 aliphatic heterocycles. The molecule has 11 nitrogen and oxygen atoms in total. The summed E-state index contributed by atoms with van der Waals surface area (Å²) in [5, 5.41) is 57.9. The lowest BCUT2D eigenvalue weighted by molar-refractivity contribution is -0.153. The van der Waals surface area contributed by atoms with Gasteiger partial charge in [0.2, 0.25) is 5.78 Å². The van der Waals surface area contributed by atoms with E-state index in [0.717, 1.165) is 5.56 Å². The van der Waals surface area contributed by atoms with Crippen LogP contribution in [-0.4, -0.2) is 73.6 Å². The molecule has 0 heterocycles. The lowest BCUT2D eigenvalue weighted by atomic mass is 9.57. The molecule has 0 unspecified atom stereocenters. The van der Waals surface area contributed by atoms with Gasteiger partial charge in [0.05, 0.1) is 11.6 Å². The molecular formula is C29H31N3O8. The van der Waals surface area contributed by atoms with Gasteiger partial charge in [0.1, 0.15) is 28.6 Å². The summed E-state index contributed by atoms with van der Waals surface area (Å²) in [7, 11) is 3.11. The van der Waals surface area contributed by atoms with Crippen molar-refractivity contribution >= 4 is 23.2 Å². The quantitative estimate of drug-likeness (QED) is 0.255. The van der Waals surface area contributed by atoms with Crippen molar-refractivity contribution in [1.82, 2.24) is 10.2 Å². The second kappa shape index (κ2) is 9.77. The summed E-state index contributed by atoms with van der Waals surface area (Å²) in [5.41, 5.74) is 3.71. The molecule has 0 spiro atoms. The van der Waals surface area contributed by atoms with Crippen molar-refractivity contribution in [3.63, 3.8) is 0 Å². The van der Waals surface area contributed by atoms with E-state index in [2.05, 4.69) is 5.32 Å². The number of nitrogens with zero attached hydrogens (tertiary/aromatic N) is 1. The van der Waals surface area contributed by atoms with Gasteiger partial charge in [-0.25, -0.2) is 0 Å². The van der Waals surface area contributed by atoms with E-state index in [0.29, 0.717) is 24.2 Å². The average Bonchev–Trinajstić information content (AvgIpc) is 2.88. The van der Waals surface area contributed by atoms with E-state index < -0.39 is 58.0 Å². The maximum atomic E-state index is 13.9. The second-order valence-corrected chi connectivity index (χ2v) is 10.8. The number of nitrogens with one attached hydrogen (secondary N) is 1. The number of carbonyl (C=O) groups excluding carboxylic acids is 3. The maximum Gasteiger partial charge on any atom is 0.255 e. The van der Waals surface area contributed by atoms with Gasteiger partial charge in [0, 0.05) is 30.1 Å². The molecule has 1 saturated carbocycles. The molecule has 0 bridgehead atoms. The van der Waals surface area contributed by atoms with Crippen LogP contribution in [0.5, 0.6) is 11.5 Å². The van der Waals surface area contributed by atoms with Crippen molar-refractivity contribution in [3.8, 4) is 11.5 Å². The first-order valence-electron chi connectivity index (χ1n) is 12.9. The van der Waals surface area contributed by atoms with Gasteiger partial charge in [-0.2, -0.15) is 0 Å². The number of ketones is 2. The zero-order valence-electron chi connectivity index (χ0n) is 22.0. The third-order valence-corrected chi connectivity index (χ3v) is 8.32. The van der Waals surface area contributed by atoms with E-state index in [1.165, 1.54) is 11.0 Å². The minimum Gasteiger partial charge on any atom is -0.508 e. The number of para-hydroxylation sites is 1. The Bertz CT molecular complexity index is 1510. The van der Waals surface area contributed by atoms with Crippen LogP contribution < -0.4 is 11.1 Å². The van der Waals surface area contributed by atoms with Crippen molar-refractivity contribution in [2.24, 2.45) is 17.6 Å². The van der Waals surface area contributed by atoms with Crippen LogP contribution in [0.25, 0.3) is 5.76 Å². The molecule has 210 valence electrons. The largest absolute Gasteiger partial charge is 0.508 e. The lowest BCUT2D eigenvalue weighted by Gasteiger charge is -2.50. The third kappa shape index (κ3) is 3.96. The number of aliphatic hydroxyl groups is 3. The predicted molar refractivity (Wildman–Crippen MR) is 143 cm³/mol. The Morgan fingerprint density at radius 3 is 2.35 bits per heavy atom. The molecule has 1 fully saturated rings. The topological polar surface area (TPSA) is 194 Å². The Morgan fingerprint density at radius 1 is 1.02 bits per heavy atom. The number of rotatable bonds is 6. The number of primary amides is 1. The number of benzene rings is 2. The van der Waals surface area contributed by atoms with Crippen LogP contribution in [0.2, 0.25) is 0 Å². The van der Waals surface area contributed by atoms with Gasteiger partial charge in [-0.15, -0.1) is 0 Å². The van der Waals surface area contributed by atoms with E-state index >= 15 is 0 Å².